The van der Waals surface area contributed by atoms with Crippen molar-refractivity contribution in [3.05, 3.63) is 23.2 Å². The van der Waals surface area contributed by atoms with E-state index in [9.17, 15) is 9.59 Å². The van der Waals surface area contributed by atoms with Gasteiger partial charge in [-0.05, 0) is 19.3 Å². The van der Waals surface area contributed by atoms with Crippen molar-refractivity contribution in [2.45, 2.75) is 39.7 Å². The Labute approximate surface area is 129 Å². The molecule has 0 radical (unpaired) electrons. The van der Waals surface area contributed by atoms with Crippen molar-refractivity contribution in [1.29, 1.82) is 0 Å². The first kappa shape index (κ1) is 16.5. The number of ether oxygens (including phenoxy) is 1. The Balaban J connectivity index is 2.01. The first-order valence-corrected chi connectivity index (χ1v) is 7.58. The fourth-order valence-corrected chi connectivity index (χ4v) is 2.99. The van der Waals surface area contributed by atoms with Crippen LogP contribution in [0.3, 0.4) is 0 Å². The maximum atomic E-state index is 12.4. The number of carbonyl (C=O) groups is 2. The summed E-state index contributed by atoms with van der Waals surface area (Å²) in [5, 5.41) is 11.8. The van der Waals surface area contributed by atoms with Gasteiger partial charge in [0, 0.05) is 24.6 Å². The number of carbonyl (C=O) groups excluding carboxylic acids is 1. The quantitative estimate of drug-likeness (QED) is 0.839. The zero-order valence-corrected chi connectivity index (χ0v) is 13.2. The summed E-state index contributed by atoms with van der Waals surface area (Å²) in [6.45, 7) is 7.20. The maximum absolute atomic E-state index is 12.4. The monoisotopic (exact) mass is 309 g/mol. The SMILES string of the molecule is Cc1coc(CC(=O)O)c1C(=O)NCC1CCOC1C(C)C. The molecule has 0 aliphatic carbocycles. The fourth-order valence-electron chi connectivity index (χ4n) is 2.99. The molecule has 2 atom stereocenters. The number of aliphatic carboxylic acids is 1. The first-order chi connectivity index (χ1) is 10.4. The molecular weight excluding hydrogens is 286 g/mol. The van der Waals surface area contributed by atoms with Crippen LogP contribution in [0.1, 0.15) is 41.9 Å². The van der Waals surface area contributed by atoms with Gasteiger partial charge in [0.2, 0.25) is 0 Å². The van der Waals surface area contributed by atoms with Gasteiger partial charge < -0.3 is 19.6 Å². The minimum absolute atomic E-state index is 0.157. The summed E-state index contributed by atoms with van der Waals surface area (Å²) in [6.07, 6.45) is 2.21. The number of carboxylic acids is 1. The third-order valence-electron chi connectivity index (χ3n) is 4.04. The van der Waals surface area contributed by atoms with E-state index in [1.165, 1.54) is 6.26 Å². The topological polar surface area (TPSA) is 88.8 Å². The molecule has 1 fully saturated rings. The second kappa shape index (κ2) is 6.96. The van der Waals surface area contributed by atoms with Gasteiger partial charge in [0.05, 0.1) is 17.9 Å². The zero-order valence-electron chi connectivity index (χ0n) is 13.2. The molecule has 0 aromatic carbocycles. The molecule has 1 aliphatic rings. The summed E-state index contributed by atoms with van der Waals surface area (Å²) >= 11 is 0. The van der Waals surface area contributed by atoms with E-state index in [4.69, 9.17) is 14.3 Å². The minimum Gasteiger partial charge on any atom is -0.481 e. The smallest absolute Gasteiger partial charge is 0.311 e. The molecule has 1 saturated heterocycles. The summed E-state index contributed by atoms with van der Waals surface area (Å²) in [7, 11) is 0. The molecule has 6 nitrogen and oxygen atoms in total. The predicted molar refractivity (Wildman–Crippen MR) is 79.8 cm³/mol. The second-order valence-corrected chi connectivity index (χ2v) is 6.13. The normalized spacial score (nSPS) is 21.3. The molecule has 0 bridgehead atoms. The molecule has 2 unspecified atom stereocenters. The lowest BCUT2D eigenvalue weighted by Crippen LogP contribution is -2.35. The van der Waals surface area contributed by atoms with Crippen molar-refractivity contribution in [3.8, 4) is 0 Å². The maximum Gasteiger partial charge on any atom is 0.311 e. The summed E-state index contributed by atoms with van der Waals surface area (Å²) < 4.78 is 10.9. The Morgan fingerprint density at radius 2 is 2.18 bits per heavy atom. The van der Waals surface area contributed by atoms with Crippen LogP contribution in [-0.2, 0) is 16.0 Å². The van der Waals surface area contributed by atoms with Gasteiger partial charge in [-0.25, -0.2) is 0 Å². The predicted octanol–water partition coefficient (Wildman–Crippen LogP) is 2.01. The van der Waals surface area contributed by atoms with E-state index in [0.717, 1.165) is 13.0 Å². The van der Waals surface area contributed by atoms with Gasteiger partial charge in [0.1, 0.15) is 12.2 Å². The van der Waals surface area contributed by atoms with Crippen molar-refractivity contribution >= 4 is 11.9 Å². The van der Waals surface area contributed by atoms with E-state index in [1.807, 2.05) is 0 Å². The first-order valence-electron chi connectivity index (χ1n) is 7.58. The van der Waals surface area contributed by atoms with Crippen molar-refractivity contribution < 1.29 is 23.8 Å². The van der Waals surface area contributed by atoms with Crippen LogP contribution in [0.2, 0.25) is 0 Å². The van der Waals surface area contributed by atoms with E-state index >= 15 is 0 Å². The molecule has 2 heterocycles. The number of rotatable bonds is 6. The second-order valence-electron chi connectivity index (χ2n) is 6.13. The van der Waals surface area contributed by atoms with E-state index in [1.54, 1.807) is 6.92 Å². The van der Waals surface area contributed by atoms with Crippen molar-refractivity contribution in [2.75, 3.05) is 13.2 Å². The van der Waals surface area contributed by atoms with Crippen LogP contribution >= 0.6 is 0 Å². The minimum atomic E-state index is -1.02. The van der Waals surface area contributed by atoms with Crippen LogP contribution in [0.25, 0.3) is 0 Å². The average molecular weight is 309 g/mol. The lowest BCUT2D eigenvalue weighted by atomic mass is 9.93. The van der Waals surface area contributed by atoms with Crippen molar-refractivity contribution in [3.63, 3.8) is 0 Å². The number of nitrogens with one attached hydrogen (secondary N) is 1. The van der Waals surface area contributed by atoms with Gasteiger partial charge in [-0.15, -0.1) is 0 Å². The molecule has 2 rings (SSSR count). The standard InChI is InChI=1S/C16H23NO5/c1-9(2)15-11(4-5-21-15)7-17-16(20)14-10(3)8-22-12(14)6-13(18)19/h8-9,11,15H,4-7H2,1-3H3,(H,17,20)(H,18,19). The molecular formula is C16H23NO5. The molecule has 2 N–H and O–H groups in total. The fraction of sp³-hybridized carbons (Fsp3) is 0.625. The Morgan fingerprint density at radius 1 is 1.45 bits per heavy atom. The molecule has 6 heteroatoms. The summed E-state index contributed by atoms with van der Waals surface area (Å²) in [5.74, 6) is -0.406. The number of hydrogen-bond donors (Lipinski definition) is 2. The molecule has 122 valence electrons. The molecule has 1 aromatic rings. The van der Waals surface area contributed by atoms with Gasteiger partial charge in [-0.3, -0.25) is 9.59 Å². The van der Waals surface area contributed by atoms with E-state index in [-0.39, 0.29) is 24.2 Å². The van der Waals surface area contributed by atoms with Crippen LogP contribution in [0.5, 0.6) is 0 Å². The van der Waals surface area contributed by atoms with Gasteiger partial charge in [-0.1, -0.05) is 13.8 Å². The molecule has 0 spiro atoms. The van der Waals surface area contributed by atoms with Crippen LogP contribution in [-0.4, -0.2) is 36.2 Å². The Bertz CT molecular complexity index is 549. The zero-order chi connectivity index (χ0) is 16.3. The van der Waals surface area contributed by atoms with Crippen LogP contribution in [0.15, 0.2) is 10.7 Å². The highest BCUT2D eigenvalue weighted by atomic mass is 16.5. The number of aryl methyl sites for hydroxylation is 1. The largest absolute Gasteiger partial charge is 0.481 e. The number of carboxylic acid groups (broad SMARTS) is 1. The van der Waals surface area contributed by atoms with Gasteiger partial charge >= 0.3 is 5.97 Å². The molecule has 1 aromatic heterocycles. The third-order valence-corrected chi connectivity index (χ3v) is 4.04. The lowest BCUT2D eigenvalue weighted by molar-refractivity contribution is -0.136. The number of furan rings is 1. The van der Waals surface area contributed by atoms with Gasteiger partial charge in [-0.2, -0.15) is 0 Å². The highest BCUT2D eigenvalue weighted by molar-refractivity contribution is 5.97. The Hall–Kier alpha value is -1.82. The Kier molecular flexibility index (Phi) is 5.24. The number of hydrogen-bond acceptors (Lipinski definition) is 4. The Morgan fingerprint density at radius 3 is 2.82 bits per heavy atom. The highest BCUT2D eigenvalue weighted by Crippen LogP contribution is 2.26. The molecule has 1 aliphatic heterocycles. The van der Waals surface area contributed by atoms with Crippen LogP contribution in [0, 0.1) is 18.8 Å². The summed E-state index contributed by atoms with van der Waals surface area (Å²) in [5.41, 5.74) is 0.985. The van der Waals surface area contributed by atoms with Crippen LogP contribution < -0.4 is 5.32 Å². The van der Waals surface area contributed by atoms with E-state index in [2.05, 4.69) is 19.2 Å². The average Bonchev–Trinajstić information content (AvgIpc) is 3.02. The van der Waals surface area contributed by atoms with Gasteiger partial charge in [0.25, 0.3) is 5.91 Å². The summed E-state index contributed by atoms with van der Waals surface area (Å²) in [4.78, 5) is 23.2. The molecule has 1 amide bonds. The van der Waals surface area contributed by atoms with Crippen molar-refractivity contribution in [2.24, 2.45) is 11.8 Å². The number of amides is 1. The van der Waals surface area contributed by atoms with Crippen molar-refractivity contribution in [1.82, 2.24) is 5.32 Å². The lowest BCUT2D eigenvalue weighted by Gasteiger charge is -2.22. The van der Waals surface area contributed by atoms with Crippen LogP contribution in [0.4, 0.5) is 0 Å². The van der Waals surface area contributed by atoms with E-state index in [0.29, 0.717) is 29.5 Å². The molecule has 0 saturated carbocycles. The third kappa shape index (κ3) is 3.68. The highest BCUT2D eigenvalue weighted by Gasteiger charge is 2.31. The van der Waals surface area contributed by atoms with E-state index < -0.39 is 5.97 Å². The molecule has 22 heavy (non-hydrogen) atoms. The summed E-state index contributed by atoms with van der Waals surface area (Å²) in [6, 6.07) is 0. The van der Waals surface area contributed by atoms with Gasteiger partial charge in [0.15, 0.2) is 0 Å².